The number of imide groups is 1. The second-order valence-electron chi connectivity index (χ2n) is 23.8. The second-order valence-corrected chi connectivity index (χ2v) is 23.8. The van der Waals surface area contributed by atoms with Gasteiger partial charge in [-0.25, -0.2) is 8.78 Å². The molecule has 10 aromatic carbocycles. The number of amides is 3. The number of rotatable bonds is 22. The lowest BCUT2D eigenvalue weighted by Gasteiger charge is -2.24. The fraction of sp³-hybridized carbons (Fsp3) is 0.159. The molecule has 1 N–H and O–H groups in total. The highest BCUT2D eigenvalue weighted by molar-refractivity contribution is 6.27. The summed E-state index contributed by atoms with van der Waals surface area (Å²) in [5.41, 5.74) is 9.53. The summed E-state index contributed by atoms with van der Waals surface area (Å²) in [6.45, 7) is -0.0344. The second kappa shape index (κ2) is 29.3. The van der Waals surface area contributed by atoms with Gasteiger partial charge in [-0.3, -0.25) is 29.3 Å². The van der Waals surface area contributed by atoms with E-state index in [2.05, 4.69) is 0 Å². The average molecular weight is 1340 g/mol. The molecule has 1 unspecified atom stereocenters. The zero-order chi connectivity index (χ0) is 69.6. The Morgan fingerprint density at radius 3 is 1.20 bits per heavy atom. The van der Waals surface area contributed by atoms with Crippen LogP contribution < -0.4 is 37.9 Å². The van der Waals surface area contributed by atoms with E-state index in [4.69, 9.17) is 47.9 Å². The number of hydrogen-bond donors (Lipinski definition) is 1. The molecule has 12 aromatic rings. The smallest absolute Gasteiger partial charge is 0.265 e. The van der Waals surface area contributed by atoms with Crippen molar-refractivity contribution >= 4 is 39.5 Å². The highest BCUT2D eigenvalue weighted by Gasteiger charge is 2.46. The summed E-state index contributed by atoms with van der Waals surface area (Å²) in [6.07, 6.45) is 1.69. The first-order chi connectivity index (χ1) is 48.8. The fourth-order valence-electron chi connectivity index (χ4n) is 12.9. The molecule has 2 aliphatic rings. The van der Waals surface area contributed by atoms with Crippen molar-refractivity contribution in [2.45, 2.75) is 44.4 Å². The van der Waals surface area contributed by atoms with E-state index in [0.29, 0.717) is 68.8 Å². The predicted molar refractivity (Wildman–Crippen MR) is 374 cm³/mol. The third-order valence-electron chi connectivity index (χ3n) is 17.8. The van der Waals surface area contributed by atoms with E-state index in [1.54, 1.807) is 94.4 Å². The number of pyridine rings is 2. The molecule has 3 amide bonds. The van der Waals surface area contributed by atoms with Crippen molar-refractivity contribution in [3.05, 3.63) is 320 Å². The molecule has 0 saturated heterocycles. The van der Waals surface area contributed by atoms with Crippen molar-refractivity contribution in [1.29, 1.82) is 0 Å². The number of aliphatic hydroxyl groups is 1. The van der Waals surface area contributed by atoms with Gasteiger partial charge in [0, 0.05) is 46.4 Å². The van der Waals surface area contributed by atoms with Gasteiger partial charge in [-0.1, -0.05) is 146 Å². The zero-order valence-corrected chi connectivity index (χ0v) is 55.5. The number of nitrogens with zero attached hydrogens (tertiary/aromatic N) is 4. The van der Waals surface area contributed by atoms with Crippen LogP contribution in [-0.2, 0) is 25.9 Å². The fourth-order valence-corrected chi connectivity index (χ4v) is 12.9. The third-order valence-corrected chi connectivity index (χ3v) is 17.8. The molecule has 4 heterocycles. The topological polar surface area (TPSA) is 178 Å². The van der Waals surface area contributed by atoms with Crippen LogP contribution in [0, 0.1) is 11.6 Å². The molecular weight excluding hydrogens is 1270 g/mol. The van der Waals surface area contributed by atoms with E-state index >= 15 is 0 Å². The van der Waals surface area contributed by atoms with Gasteiger partial charge >= 0.3 is 0 Å². The predicted octanol–water partition coefficient (Wildman–Crippen LogP) is 15.8. The van der Waals surface area contributed by atoms with Crippen molar-refractivity contribution in [2.75, 3.05) is 42.7 Å². The van der Waals surface area contributed by atoms with Crippen LogP contribution in [0.2, 0.25) is 0 Å². The van der Waals surface area contributed by atoms with Crippen LogP contribution in [0.25, 0.3) is 21.8 Å². The van der Waals surface area contributed by atoms with E-state index in [-0.39, 0.29) is 70.0 Å². The molecule has 502 valence electrons. The highest BCUT2D eigenvalue weighted by Crippen LogP contribution is 2.52. The molecule has 2 aromatic heterocycles. The van der Waals surface area contributed by atoms with Gasteiger partial charge in [0.05, 0.1) is 72.4 Å². The van der Waals surface area contributed by atoms with Crippen LogP contribution in [-0.4, -0.2) is 85.3 Å². The Morgan fingerprint density at radius 1 is 0.410 bits per heavy atom. The van der Waals surface area contributed by atoms with Crippen molar-refractivity contribution in [2.24, 2.45) is 0 Å². The molecule has 0 saturated carbocycles. The quantitative estimate of drug-likeness (QED) is 0.0634. The minimum atomic E-state index is -1.38. The van der Waals surface area contributed by atoms with Crippen LogP contribution in [0.3, 0.4) is 0 Å². The molecule has 0 aliphatic carbocycles. The summed E-state index contributed by atoms with van der Waals surface area (Å²) in [7, 11) is 9.12. The van der Waals surface area contributed by atoms with Gasteiger partial charge in [0.25, 0.3) is 17.7 Å². The lowest BCUT2D eigenvalue weighted by molar-refractivity contribution is 0.0126. The van der Waals surface area contributed by atoms with E-state index in [1.807, 2.05) is 133 Å². The highest BCUT2D eigenvalue weighted by atomic mass is 19.1. The van der Waals surface area contributed by atoms with Crippen molar-refractivity contribution < 1.29 is 66.2 Å². The minimum Gasteiger partial charge on any atom is -0.497 e. The number of fused-ring (bicyclic) bond motifs is 4. The van der Waals surface area contributed by atoms with E-state index in [1.165, 1.54) is 55.4 Å². The first kappa shape index (κ1) is 66.5. The standard InChI is InChI=1S/C41H35FN2O6.C41H33FN2O6/c2*1-47-31-19-16-29(33(22-31)48-2)24-44-40(45)34-35(41(44)46)39(49-3)36-32(21-26(23-43-36)20-25-14-17-30(42)18-15-25)38(34)50-37(27-10-6-4-7-11-27)28-12-8-5-9-13-28/h4-19,21-23,37,41,46H,20,24H2,1-3H3;4-19,21-23,37H,20,24H2,1-3H3. The molecule has 0 bridgehead atoms. The molecule has 14 rings (SSSR count). The molecule has 0 radical (unpaired) electrons. The first-order valence-corrected chi connectivity index (χ1v) is 32.1. The molecule has 16 nitrogen and oxygen atoms in total. The average Bonchev–Trinajstić information content (AvgIpc) is 1.53. The maximum Gasteiger partial charge on any atom is 0.265 e. The number of carbonyl (C=O) groups is 3. The van der Waals surface area contributed by atoms with Gasteiger partial charge in [-0.15, -0.1) is 0 Å². The number of methoxy groups -OCH3 is 6. The molecule has 2 aliphatic heterocycles. The summed E-state index contributed by atoms with van der Waals surface area (Å²) < 4.78 is 75.1. The monoisotopic (exact) mass is 1340 g/mol. The largest absolute Gasteiger partial charge is 0.497 e. The zero-order valence-electron chi connectivity index (χ0n) is 55.5. The molecule has 100 heavy (non-hydrogen) atoms. The van der Waals surface area contributed by atoms with Crippen LogP contribution in [0.15, 0.2) is 231 Å². The Hall–Kier alpha value is -12.2. The van der Waals surface area contributed by atoms with Crippen LogP contribution in [0.4, 0.5) is 8.78 Å². The van der Waals surface area contributed by atoms with Gasteiger partial charge < -0.3 is 47.9 Å². The number of aromatic nitrogens is 2. The maximum absolute atomic E-state index is 14.6. The summed E-state index contributed by atoms with van der Waals surface area (Å²) in [6, 6.07) is 65.8. The summed E-state index contributed by atoms with van der Waals surface area (Å²) in [4.78, 5) is 55.7. The van der Waals surface area contributed by atoms with Gasteiger partial charge in [0.1, 0.15) is 74.9 Å². The Kier molecular flexibility index (Phi) is 19.5. The van der Waals surface area contributed by atoms with Crippen molar-refractivity contribution in [3.63, 3.8) is 0 Å². The molecule has 1 atom stereocenters. The summed E-state index contributed by atoms with van der Waals surface area (Å²) >= 11 is 0. The molecule has 18 heteroatoms. The Bertz CT molecular complexity index is 4920. The normalized spacial score (nSPS) is 13.1. The van der Waals surface area contributed by atoms with E-state index in [9.17, 15) is 28.3 Å². The lowest BCUT2D eigenvalue weighted by atomic mass is 9.97. The number of hydrogen-bond acceptors (Lipinski definition) is 14. The summed E-state index contributed by atoms with van der Waals surface area (Å²) in [5, 5.41) is 13.0. The van der Waals surface area contributed by atoms with E-state index < -0.39 is 36.2 Å². The molecular formula is C82H68F2N4O12. The number of benzene rings is 10. The number of ether oxygens (including phenoxy) is 8. The SMILES string of the molecule is COc1ccc(CN2C(=O)c3c(c(OC)c4ncc(Cc5ccc(F)cc5)cc4c3OC(c3ccccc3)c3ccccc3)C2=O)c(OC)c1.COc1ccc(CN2C(=O)c3c(c(OC)c4ncc(Cc5ccc(F)cc5)cc4c3OC(c3ccccc3)c3ccccc3)C2O)c(OC)c1. The van der Waals surface area contributed by atoms with E-state index in [0.717, 1.165) is 44.5 Å². The van der Waals surface area contributed by atoms with Crippen LogP contribution in [0.1, 0.15) is 111 Å². The van der Waals surface area contributed by atoms with Crippen LogP contribution >= 0.6 is 0 Å². The van der Waals surface area contributed by atoms with Gasteiger partial charge in [0.2, 0.25) is 0 Å². The Morgan fingerprint density at radius 2 is 0.800 bits per heavy atom. The van der Waals surface area contributed by atoms with Gasteiger partial charge in [-0.2, -0.15) is 0 Å². The number of carbonyl (C=O) groups excluding carboxylic acids is 3. The minimum absolute atomic E-state index is 0.0326. The van der Waals surface area contributed by atoms with Gasteiger partial charge in [-0.05, 0) is 118 Å². The molecule has 0 spiro atoms. The van der Waals surface area contributed by atoms with Gasteiger partial charge in [0.15, 0.2) is 17.7 Å². The third kappa shape index (κ3) is 13.3. The summed E-state index contributed by atoms with van der Waals surface area (Å²) in [5.74, 6) is 0.922. The number of aliphatic hydroxyl groups excluding tert-OH is 1. The van der Waals surface area contributed by atoms with Crippen molar-refractivity contribution in [1.82, 2.24) is 19.8 Å². The maximum atomic E-state index is 14.6. The Labute approximate surface area is 576 Å². The first-order valence-electron chi connectivity index (χ1n) is 32.1. The Balaban J connectivity index is 0.000000179. The van der Waals surface area contributed by atoms with Crippen molar-refractivity contribution in [3.8, 4) is 46.0 Å². The lowest BCUT2D eigenvalue weighted by Crippen LogP contribution is -2.29. The number of halogens is 2. The van der Waals surface area contributed by atoms with Crippen LogP contribution in [0.5, 0.6) is 46.0 Å². The molecule has 0 fully saturated rings.